The zero-order valence-electron chi connectivity index (χ0n) is 26.5. The smallest absolute Gasteiger partial charge is 0.148 e. The van der Waals surface area contributed by atoms with Gasteiger partial charge in [-0.05, 0) is 51.3 Å². The van der Waals surface area contributed by atoms with Gasteiger partial charge in [-0.15, -0.1) is 0 Å². The van der Waals surface area contributed by atoms with Gasteiger partial charge in [-0.25, -0.2) is 0 Å². The summed E-state index contributed by atoms with van der Waals surface area (Å²) >= 11 is 0. The largest absolute Gasteiger partial charge is 0.194 e. The van der Waals surface area contributed by atoms with Crippen molar-refractivity contribution >= 4 is 22.7 Å². The maximum absolute atomic E-state index is 2.36. The molecule has 0 bridgehead atoms. The topological polar surface area (TPSA) is 0 Å². The predicted molar refractivity (Wildman–Crippen MR) is 177 cm³/mol. The van der Waals surface area contributed by atoms with E-state index in [2.05, 4.69) is 166 Å². The summed E-state index contributed by atoms with van der Waals surface area (Å²) in [5.74, 6) is 0.978. The highest BCUT2D eigenvalue weighted by atomic mass is 15.4. The fourth-order valence-electron chi connectivity index (χ4n) is 5.59. The van der Waals surface area contributed by atoms with E-state index in [1.54, 1.807) is 0 Å². The molecule has 1 heteroatoms. The molecule has 0 aliphatic heterocycles. The monoisotopic (exact) mass is 532 g/mol. The molecule has 40 heavy (non-hydrogen) atoms. The first kappa shape index (κ1) is 29.8. The van der Waals surface area contributed by atoms with Crippen LogP contribution < -0.4 is 4.48 Å². The van der Waals surface area contributed by atoms with E-state index in [1.807, 2.05) is 0 Å². The van der Waals surface area contributed by atoms with Crippen LogP contribution in [0.1, 0.15) is 110 Å². The van der Waals surface area contributed by atoms with E-state index >= 15 is 0 Å². The molecule has 0 aliphatic carbocycles. The minimum absolute atomic E-state index is 0.0966. The molecular weight excluding hydrogens is 482 g/mol. The first-order valence-corrected chi connectivity index (χ1v) is 15.1. The lowest BCUT2D eigenvalue weighted by Crippen LogP contribution is -2.33. The van der Waals surface area contributed by atoms with Crippen LogP contribution in [0.2, 0.25) is 0 Å². The van der Waals surface area contributed by atoms with Crippen LogP contribution >= 0.6 is 0 Å². The molecule has 0 aromatic heterocycles. The second-order valence-corrected chi connectivity index (χ2v) is 13.7. The molecule has 0 fully saturated rings. The fraction of sp³-hybridized carbons (Fsp3) is 0.385. The number of hydrogen-bond donors (Lipinski definition) is 0. The van der Waals surface area contributed by atoms with E-state index < -0.39 is 0 Å². The van der Waals surface area contributed by atoms with Gasteiger partial charge in [0.15, 0.2) is 0 Å². The second-order valence-electron chi connectivity index (χ2n) is 13.7. The maximum atomic E-state index is 2.36. The molecule has 4 rings (SSSR count). The lowest BCUT2D eigenvalue weighted by Gasteiger charge is -2.38. The molecule has 0 unspecified atom stereocenters. The van der Waals surface area contributed by atoms with Gasteiger partial charge >= 0.3 is 0 Å². The van der Waals surface area contributed by atoms with E-state index in [1.165, 1.54) is 45.0 Å². The molecule has 0 atom stereocenters. The molecule has 0 amide bonds. The summed E-state index contributed by atoms with van der Waals surface area (Å²) in [6.07, 6.45) is 1.11. The van der Waals surface area contributed by atoms with Gasteiger partial charge in [0.1, 0.15) is 22.7 Å². The quantitative estimate of drug-likeness (QED) is 0.198. The first-order valence-electron chi connectivity index (χ1n) is 15.1. The van der Waals surface area contributed by atoms with E-state index in [9.17, 15) is 0 Å². The summed E-state index contributed by atoms with van der Waals surface area (Å²) in [6.45, 7) is 22.9. The minimum Gasteiger partial charge on any atom is -0.194 e. The Balaban J connectivity index is 2.06. The second kappa shape index (κ2) is 11.4. The van der Waals surface area contributed by atoms with Gasteiger partial charge in [0.2, 0.25) is 0 Å². The summed E-state index contributed by atoms with van der Waals surface area (Å²) < 4.78 is 0.536. The van der Waals surface area contributed by atoms with Gasteiger partial charge in [0, 0.05) is 48.5 Å². The van der Waals surface area contributed by atoms with Crippen molar-refractivity contribution in [2.45, 2.75) is 98.3 Å². The summed E-state index contributed by atoms with van der Waals surface area (Å²) in [5.41, 5.74) is 10.7. The van der Waals surface area contributed by atoms with Crippen LogP contribution in [0.5, 0.6) is 0 Å². The van der Waals surface area contributed by atoms with Gasteiger partial charge in [0.05, 0.1) is 0 Å². The third kappa shape index (κ3) is 5.68. The standard InChI is InChI=1S/C39H50N/c1-11-39(9,10)33-18-26-37(27-19-33)40(34-20-12-30(13-21-34)28(2)3,35-22-14-31(15-23-35)29(4)5)36-24-16-32(17-25-36)38(6,7)8/h12-29H,11H2,1-10H3/q+1. The Morgan fingerprint density at radius 2 is 0.775 bits per heavy atom. The Bertz CT molecular complexity index is 1330. The van der Waals surface area contributed by atoms with Crippen molar-refractivity contribution in [3.63, 3.8) is 0 Å². The van der Waals surface area contributed by atoms with Crippen LogP contribution in [-0.2, 0) is 10.8 Å². The summed E-state index contributed by atoms with van der Waals surface area (Å²) in [6, 6.07) is 37.4. The lowest BCUT2D eigenvalue weighted by molar-refractivity contribution is 0.506. The molecule has 4 aromatic rings. The molecule has 0 saturated carbocycles. The number of rotatable bonds is 8. The summed E-state index contributed by atoms with van der Waals surface area (Å²) in [5, 5.41) is 0. The van der Waals surface area contributed by atoms with E-state index in [0.29, 0.717) is 16.3 Å². The van der Waals surface area contributed by atoms with Crippen molar-refractivity contribution in [3.8, 4) is 0 Å². The molecule has 4 aromatic carbocycles. The molecule has 0 radical (unpaired) electrons. The van der Waals surface area contributed by atoms with Crippen molar-refractivity contribution in [2.24, 2.45) is 0 Å². The highest BCUT2D eigenvalue weighted by Gasteiger charge is 2.40. The van der Waals surface area contributed by atoms with Gasteiger partial charge in [-0.3, -0.25) is 0 Å². The molecule has 210 valence electrons. The van der Waals surface area contributed by atoms with Crippen molar-refractivity contribution in [1.82, 2.24) is 4.48 Å². The molecule has 0 N–H and O–H groups in total. The zero-order valence-corrected chi connectivity index (χ0v) is 26.5. The van der Waals surface area contributed by atoms with E-state index in [4.69, 9.17) is 0 Å². The van der Waals surface area contributed by atoms with Gasteiger partial charge < -0.3 is 0 Å². The van der Waals surface area contributed by atoms with Gasteiger partial charge in [0.25, 0.3) is 0 Å². The van der Waals surface area contributed by atoms with Crippen molar-refractivity contribution in [3.05, 3.63) is 119 Å². The van der Waals surface area contributed by atoms with E-state index in [-0.39, 0.29) is 10.8 Å². The molecule has 0 saturated heterocycles. The maximum Gasteiger partial charge on any atom is 0.148 e. The number of benzene rings is 4. The first-order chi connectivity index (χ1) is 18.8. The van der Waals surface area contributed by atoms with E-state index in [0.717, 1.165) is 6.42 Å². The van der Waals surface area contributed by atoms with Crippen molar-refractivity contribution < 1.29 is 0 Å². The molecule has 0 aliphatic rings. The molecular formula is C39H50N+. The Labute approximate surface area is 244 Å². The van der Waals surface area contributed by atoms with Crippen LogP contribution in [-0.4, -0.2) is 0 Å². The third-order valence-electron chi connectivity index (χ3n) is 8.93. The van der Waals surface area contributed by atoms with Gasteiger partial charge in [-0.1, -0.05) is 118 Å². The Kier molecular flexibility index (Phi) is 8.48. The number of hydrogen-bond acceptors (Lipinski definition) is 0. The Morgan fingerprint density at radius 3 is 1.05 bits per heavy atom. The van der Waals surface area contributed by atoms with Crippen molar-refractivity contribution in [2.75, 3.05) is 0 Å². The highest BCUT2D eigenvalue weighted by molar-refractivity contribution is 5.82. The average molecular weight is 533 g/mol. The molecule has 1 nitrogen and oxygen atoms in total. The van der Waals surface area contributed by atoms with Crippen LogP contribution in [0.4, 0.5) is 22.7 Å². The summed E-state index contributed by atoms with van der Waals surface area (Å²) in [4.78, 5) is 0. The SMILES string of the molecule is CCC(C)(C)c1ccc([N+](c2ccc(C(C)C)cc2)(c2ccc(C(C)C)cc2)c2ccc(C(C)(C)C)cc2)cc1. The zero-order chi connectivity index (χ0) is 29.3. The number of nitrogens with zero attached hydrogens (tertiary/aromatic N) is 1. The highest BCUT2D eigenvalue weighted by Crippen LogP contribution is 2.52. The normalized spacial score (nSPS) is 12.8. The fourth-order valence-corrected chi connectivity index (χ4v) is 5.59. The average Bonchev–Trinajstić information content (AvgIpc) is 2.94. The van der Waals surface area contributed by atoms with Crippen molar-refractivity contribution in [1.29, 1.82) is 0 Å². The van der Waals surface area contributed by atoms with Crippen LogP contribution in [0.15, 0.2) is 97.1 Å². The number of quaternary nitrogens is 1. The van der Waals surface area contributed by atoms with Crippen LogP contribution in [0, 0.1) is 0 Å². The Morgan fingerprint density at radius 1 is 0.475 bits per heavy atom. The predicted octanol–water partition coefficient (Wildman–Crippen LogP) is 12.2. The third-order valence-corrected chi connectivity index (χ3v) is 8.93. The molecule has 0 heterocycles. The Hall–Kier alpha value is -3.16. The molecule has 0 spiro atoms. The minimum atomic E-state index is 0.0966. The van der Waals surface area contributed by atoms with Crippen LogP contribution in [0.25, 0.3) is 0 Å². The lowest BCUT2D eigenvalue weighted by atomic mass is 9.82. The van der Waals surface area contributed by atoms with Crippen LogP contribution in [0.3, 0.4) is 0 Å². The summed E-state index contributed by atoms with van der Waals surface area (Å²) in [7, 11) is 0. The van der Waals surface area contributed by atoms with Gasteiger partial charge in [-0.2, -0.15) is 4.48 Å².